The lowest BCUT2D eigenvalue weighted by Crippen LogP contribution is -2.10. The summed E-state index contributed by atoms with van der Waals surface area (Å²) in [7, 11) is 0. The van der Waals surface area contributed by atoms with E-state index in [9.17, 15) is 4.79 Å². The molecule has 0 fully saturated rings. The van der Waals surface area contributed by atoms with E-state index in [-0.39, 0.29) is 11.7 Å². The number of furan rings is 1. The predicted octanol–water partition coefficient (Wildman–Crippen LogP) is 3.12. The molecule has 0 aliphatic rings. The SMILES string of the molecule is CCOc1cc(NC(=O)c2ccco2)cc2sc(N)nc12. The molecule has 3 rings (SSSR count). The van der Waals surface area contributed by atoms with Crippen molar-refractivity contribution in [2.45, 2.75) is 6.92 Å². The number of amides is 1. The van der Waals surface area contributed by atoms with Gasteiger partial charge >= 0.3 is 0 Å². The number of nitrogens with one attached hydrogen (secondary N) is 1. The number of aromatic nitrogens is 1. The van der Waals surface area contributed by atoms with Crippen molar-refractivity contribution < 1.29 is 13.9 Å². The first-order valence-corrected chi connectivity index (χ1v) is 7.16. The molecule has 0 aliphatic heterocycles. The molecule has 3 aromatic rings. The van der Waals surface area contributed by atoms with Crippen LogP contribution < -0.4 is 15.8 Å². The highest BCUT2D eigenvalue weighted by Gasteiger charge is 2.13. The molecule has 6 nitrogen and oxygen atoms in total. The Hall–Kier alpha value is -2.54. The third-order valence-corrected chi connectivity index (χ3v) is 3.61. The van der Waals surface area contributed by atoms with E-state index in [4.69, 9.17) is 14.9 Å². The molecule has 2 aromatic heterocycles. The van der Waals surface area contributed by atoms with Crippen LogP contribution in [0.1, 0.15) is 17.5 Å². The number of carbonyl (C=O) groups excluding carboxylic acids is 1. The maximum Gasteiger partial charge on any atom is 0.291 e. The minimum Gasteiger partial charge on any atom is -0.491 e. The number of fused-ring (bicyclic) bond motifs is 1. The van der Waals surface area contributed by atoms with Gasteiger partial charge in [-0.2, -0.15) is 0 Å². The van der Waals surface area contributed by atoms with Crippen LogP contribution >= 0.6 is 11.3 Å². The summed E-state index contributed by atoms with van der Waals surface area (Å²) in [5.74, 6) is 0.522. The number of nitrogens with two attached hydrogens (primary N) is 1. The first-order chi connectivity index (χ1) is 10.2. The normalized spacial score (nSPS) is 10.7. The summed E-state index contributed by atoms with van der Waals surface area (Å²) in [6.45, 7) is 2.39. The Balaban J connectivity index is 1.96. The van der Waals surface area contributed by atoms with Gasteiger partial charge in [-0.1, -0.05) is 11.3 Å². The maximum absolute atomic E-state index is 12.0. The van der Waals surface area contributed by atoms with Crippen LogP contribution in [0.15, 0.2) is 34.9 Å². The number of carbonyl (C=O) groups is 1. The van der Waals surface area contributed by atoms with Crippen LogP contribution in [0, 0.1) is 0 Å². The predicted molar refractivity (Wildman–Crippen MR) is 81.9 cm³/mol. The second kappa shape index (κ2) is 5.45. The van der Waals surface area contributed by atoms with E-state index in [1.807, 2.05) is 13.0 Å². The number of ether oxygens (including phenoxy) is 1. The molecule has 0 atom stereocenters. The minimum atomic E-state index is -0.320. The van der Waals surface area contributed by atoms with Gasteiger partial charge in [0.1, 0.15) is 11.3 Å². The minimum absolute atomic E-state index is 0.247. The average Bonchev–Trinajstić information content (AvgIpc) is 3.07. The van der Waals surface area contributed by atoms with Crippen LogP contribution in [0.4, 0.5) is 10.8 Å². The average molecular weight is 303 g/mol. The van der Waals surface area contributed by atoms with Gasteiger partial charge < -0.3 is 20.2 Å². The quantitative estimate of drug-likeness (QED) is 0.772. The first kappa shape index (κ1) is 13.4. The molecule has 0 radical (unpaired) electrons. The molecule has 0 aliphatic carbocycles. The summed E-state index contributed by atoms with van der Waals surface area (Å²) in [5, 5.41) is 3.23. The zero-order valence-corrected chi connectivity index (χ0v) is 12.1. The largest absolute Gasteiger partial charge is 0.491 e. The van der Waals surface area contributed by atoms with Gasteiger partial charge in [-0.25, -0.2) is 4.98 Å². The zero-order chi connectivity index (χ0) is 14.8. The summed E-state index contributed by atoms with van der Waals surface area (Å²) in [5.41, 5.74) is 7.05. The molecule has 0 unspecified atom stereocenters. The lowest BCUT2D eigenvalue weighted by atomic mass is 10.2. The van der Waals surface area contributed by atoms with Crippen molar-refractivity contribution in [1.82, 2.24) is 4.98 Å². The third-order valence-electron chi connectivity index (χ3n) is 2.78. The van der Waals surface area contributed by atoms with Crippen LogP contribution in [-0.2, 0) is 0 Å². The van der Waals surface area contributed by atoms with E-state index in [0.29, 0.717) is 28.7 Å². The smallest absolute Gasteiger partial charge is 0.291 e. The molecular weight excluding hydrogens is 290 g/mol. The molecule has 2 heterocycles. The van der Waals surface area contributed by atoms with E-state index >= 15 is 0 Å². The molecule has 7 heteroatoms. The molecule has 0 saturated heterocycles. The zero-order valence-electron chi connectivity index (χ0n) is 11.3. The Morgan fingerprint density at radius 1 is 1.52 bits per heavy atom. The fourth-order valence-corrected chi connectivity index (χ4v) is 2.75. The molecular formula is C14H13N3O3S. The van der Waals surface area contributed by atoms with Crippen molar-refractivity contribution >= 4 is 38.3 Å². The van der Waals surface area contributed by atoms with Gasteiger partial charge in [-0.05, 0) is 25.1 Å². The first-order valence-electron chi connectivity index (χ1n) is 6.35. The van der Waals surface area contributed by atoms with Crippen LogP contribution in [0.25, 0.3) is 10.2 Å². The maximum atomic E-state index is 12.0. The Morgan fingerprint density at radius 3 is 3.10 bits per heavy atom. The lowest BCUT2D eigenvalue weighted by molar-refractivity contribution is 0.0996. The molecule has 0 spiro atoms. The monoisotopic (exact) mass is 303 g/mol. The number of anilines is 2. The van der Waals surface area contributed by atoms with Gasteiger partial charge in [0.05, 0.1) is 17.6 Å². The van der Waals surface area contributed by atoms with E-state index < -0.39 is 0 Å². The summed E-state index contributed by atoms with van der Waals surface area (Å²) >= 11 is 1.34. The number of rotatable bonds is 4. The Bertz CT molecular complexity index is 780. The summed E-state index contributed by atoms with van der Waals surface area (Å²) < 4.78 is 11.5. The van der Waals surface area contributed by atoms with E-state index in [1.54, 1.807) is 18.2 Å². The molecule has 3 N–H and O–H groups in total. The van der Waals surface area contributed by atoms with Crippen LogP contribution in [-0.4, -0.2) is 17.5 Å². The van der Waals surface area contributed by atoms with Crippen molar-refractivity contribution in [2.75, 3.05) is 17.7 Å². The van der Waals surface area contributed by atoms with Gasteiger partial charge in [0.2, 0.25) is 0 Å². The lowest BCUT2D eigenvalue weighted by Gasteiger charge is -2.08. The summed E-state index contributed by atoms with van der Waals surface area (Å²) in [6.07, 6.45) is 1.45. The standard InChI is InChI=1S/C14H13N3O3S/c1-2-19-10-6-8(7-11-12(10)17-14(15)21-11)16-13(18)9-4-3-5-20-9/h3-7H,2H2,1H3,(H2,15,17)(H,16,18). The number of hydrogen-bond donors (Lipinski definition) is 2. The highest BCUT2D eigenvalue weighted by Crippen LogP contribution is 2.34. The molecule has 21 heavy (non-hydrogen) atoms. The number of thiazole rings is 1. The van der Waals surface area contributed by atoms with Gasteiger partial charge in [0.25, 0.3) is 5.91 Å². The van der Waals surface area contributed by atoms with Crippen molar-refractivity contribution in [3.05, 3.63) is 36.3 Å². The van der Waals surface area contributed by atoms with Crippen LogP contribution in [0.5, 0.6) is 5.75 Å². The van der Waals surface area contributed by atoms with Gasteiger partial charge in [-0.3, -0.25) is 4.79 Å². The van der Waals surface area contributed by atoms with Crippen LogP contribution in [0.2, 0.25) is 0 Å². The number of benzene rings is 1. The number of nitrogen functional groups attached to an aromatic ring is 1. The molecule has 0 bridgehead atoms. The van der Waals surface area contributed by atoms with Crippen molar-refractivity contribution in [2.24, 2.45) is 0 Å². The summed E-state index contributed by atoms with van der Waals surface area (Å²) in [6, 6.07) is 6.80. The van der Waals surface area contributed by atoms with Crippen molar-refractivity contribution in [3.63, 3.8) is 0 Å². The van der Waals surface area contributed by atoms with Crippen molar-refractivity contribution in [1.29, 1.82) is 0 Å². The third kappa shape index (κ3) is 2.68. The highest BCUT2D eigenvalue weighted by molar-refractivity contribution is 7.22. The van der Waals surface area contributed by atoms with Crippen LogP contribution in [0.3, 0.4) is 0 Å². The second-order valence-electron chi connectivity index (χ2n) is 4.24. The molecule has 1 aromatic carbocycles. The second-order valence-corrected chi connectivity index (χ2v) is 5.30. The van der Waals surface area contributed by atoms with Gasteiger partial charge in [0.15, 0.2) is 10.9 Å². The number of nitrogens with zero attached hydrogens (tertiary/aromatic N) is 1. The van der Waals surface area contributed by atoms with E-state index in [0.717, 1.165) is 4.70 Å². The Kier molecular flexibility index (Phi) is 3.49. The van der Waals surface area contributed by atoms with E-state index in [1.165, 1.54) is 17.6 Å². The highest BCUT2D eigenvalue weighted by atomic mass is 32.1. The molecule has 0 saturated carbocycles. The Morgan fingerprint density at radius 2 is 2.38 bits per heavy atom. The number of hydrogen-bond acceptors (Lipinski definition) is 6. The Labute approximate surface area is 124 Å². The van der Waals surface area contributed by atoms with Gasteiger partial charge in [0, 0.05) is 11.8 Å². The fourth-order valence-electron chi connectivity index (χ4n) is 1.95. The summed E-state index contributed by atoms with van der Waals surface area (Å²) in [4.78, 5) is 16.2. The topological polar surface area (TPSA) is 90.4 Å². The van der Waals surface area contributed by atoms with Crippen molar-refractivity contribution in [3.8, 4) is 5.75 Å². The molecule has 1 amide bonds. The molecule has 108 valence electrons. The van der Waals surface area contributed by atoms with E-state index in [2.05, 4.69) is 10.3 Å². The van der Waals surface area contributed by atoms with Gasteiger partial charge in [-0.15, -0.1) is 0 Å². The fraction of sp³-hybridized carbons (Fsp3) is 0.143.